The average Bonchev–Trinajstić information content (AvgIpc) is 2.39. The molecule has 7 heteroatoms. The molecule has 22 heavy (non-hydrogen) atoms. The quantitative estimate of drug-likeness (QED) is 0.880. The molecule has 0 aliphatic carbocycles. The molecule has 1 aliphatic rings. The first kappa shape index (κ1) is 16.9. The van der Waals surface area contributed by atoms with E-state index in [0.29, 0.717) is 18.5 Å². The van der Waals surface area contributed by atoms with Crippen LogP contribution in [0.1, 0.15) is 26.6 Å². The van der Waals surface area contributed by atoms with E-state index < -0.39 is 0 Å². The van der Waals surface area contributed by atoms with Crippen molar-refractivity contribution in [2.75, 3.05) is 51.4 Å². The molecule has 0 amide bonds. The van der Waals surface area contributed by atoms with Gasteiger partial charge < -0.3 is 15.5 Å². The number of nitrogen functional groups attached to an aromatic ring is 1. The minimum absolute atomic E-state index is 0.250. The average molecular weight is 307 g/mol. The molecule has 0 saturated carbocycles. The maximum Gasteiger partial charge on any atom is 0.229 e. The van der Waals surface area contributed by atoms with Crippen LogP contribution in [0.2, 0.25) is 0 Å². The van der Waals surface area contributed by atoms with Gasteiger partial charge in [0.15, 0.2) is 0 Å². The zero-order chi connectivity index (χ0) is 16.5. The third-order valence-corrected chi connectivity index (χ3v) is 4.18. The highest BCUT2D eigenvalue weighted by atomic mass is 15.3. The molecule has 2 N–H and O–H groups in total. The Balaban J connectivity index is 2.11. The van der Waals surface area contributed by atoms with Gasteiger partial charge in [0.25, 0.3) is 0 Å². The van der Waals surface area contributed by atoms with E-state index >= 15 is 0 Å². The number of hydrogen-bond acceptors (Lipinski definition) is 7. The number of piperazine rings is 1. The van der Waals surface area contributed by atoms with E-state index in [9.17, 15) is 0 Å². The topological polar surface area (TPSA) is 74.4 Å². The Morgan fingerprint density at radius 3 is 2.45 bits per heavy atom. The van der Waals surface area contributed by atoms with Gasteiger partial charge in [-0.15, -0.1) is 0 Å². The molecule has 1 aliphatic heterocycles. The van der Waals surface area contributed by atoms with Gasteiger partial charge in [0.2, 0.25) is 11.9 Å². The van der Waals surface area contributed by atoms with Crippen LogP contribution in [-0.2, 0) is 6.54 Å². The van der Waals surface area contributed by atoms with E-state index in [1.165, 1.54) is 0 Å². The van der Waals surface area contributed by atoms with Gasteiger partial charge in [0.05, 0.1) is 6.54 Å². The first-order valence-corrected chi connectivity index (χ1v) is 7.77. The second kappa shape index (κ2) is 6.34. The lowest BCUT2D eigenvalue weighted by atomic mass is 9.84. The van der Waals surface area contributed by atoms with E-state index in [2.05, 4.69) is 52.6 Å². The van der Waals surface area contributed by atoms with Gasteiger partial charge in [0.1, 0.15) is 5.82 Å². The predicted molar refractivity (Wildman–Crippen MR) is 89.7 cm³/mol. The van der Waals surface area contributed by atoms with Crippen LogP contribution in [-0.4, -0.2) is 71.6 Å². The predicted octanol–water partition coefficient (Wildman–Crippen LogP) is 0.682. The van der Waals surface area contributed by atoms with Crippen LogP contribution in [0.15, 0.2) is 0 Å². The Bertz CT molecular complexity index is 509. The molecule has 1 unspecified atom stereocenters. The maximum atomic E-state index is 5.81. The summed E-state index contributed by atoms with van der Waals surface area (Å²) < 4.78 is 0. The molecule has 0 bridgehead atoms. The van der Waals surface area contributed by atoms with Crippen molar-refractivity contribution in [3.05, 3.63) is 5.82 Å². The fraction of sp³-hybridized carbons (Fsp3) is 0.800. The van der Waals surface area contributed by atoms with Gasteiger partial charge in [0, 0.05) is 39.8 Å². The fourth-order valence-corrected chi connectivity index (χ4v) is 2.90. The standard InChI is InChI=1S/C15H29N7/c1-15(2,3)11-9-22(8-7-21(11)6)10-12-17-13(16)19-14(18-12)20(4)5/h11H,7-10H2,1-6H3,(H2,16,17,18,19). The molecular formula is C15H29N7. The van der Waals surface area contributed by atoms with Crippen molar-refractivity contribution in [3.63, 3.8) is 0 Å². The lowest BCUT2D eigenvalue weighted by molar-refractivity contribution is 0.0291. The summed E-state index contributed by atoms with van der Waals surface area (Å²) in [6.07, 6.45) is 0. The SMILES string of the molecule is CN(C)c1nc(N)nc(CN2CCN(C)C(C(C)(C)C)C2)n1. The number of anilines is 2. The normalized spacial score (nSPS) is 21.1. The Labute approximate surface area is 133 Å². The van der Waals surface area contributed by atoms with Crippen molar-refractivity contribution in [1.82, 2.24) is 24.8 Å². The van der Waals surface area contributed by atoms with Gasteiger partial charge >= 0.3 is 0 Å². The van der Waals surface area contributed by atoms with Gasteiger partial charge in [-0.25, -0.2) is 0 Å². The molecule has 1 aromatic rings. The van der Waals surface area contributed by atoms with Gasteiger partial charge in [-0.1, -0.05) is 20.8 Å². The first-order chi connectivity index (χ1) is 10.2. The first-order valence-electron chi connectivity index (χ1n) is 7.77. The second-order valence-corrected chi connectivity index (χ2v) is 7.40. The lowest BCUT2D eigenvalue weighted by Crippen LogP contribution is -2.56. The second-order valence-electron chi connectivity index (χ2n) is 7.40. The van der Waals surface area contributed by atoms with E-state index in [1.807, 2.05) is 19.0 Å². The highest BCUT2D eigenvalue weighted by Gasteiger charge is 2.33. The number of nitrogens with two attached hydrogens (primary N) is 1. The molecule has 2 rings (SSSR count). The number of rotatable bonds is 3. The van der Waals surface area contributed by atoms with Crippen LogP contribution in [0.25, 0.3) is 0 Å². The van der Waals surface area contributed by atoms with E-state index in [-0.39, 0.29) is 11.4 Å². The van der Waals surface area contributed by atoms with Gasteiger partial charge in [-0.05, 0) is 12.5 Å². The molecule has 1 atom stereocenters. The van der Waals surface area contributed by atoms with Crippen molar-refractivity contribution in [3.8, 4) is 0 Å². The van der Waals surface area contributed by atoms with E-state index in [4.69, 9.17) is 5.73 Å². The number of hydrogen-bond donors (Lipinski definition) is 1. The van der Waals surface area contributed by atoms with Crippen molar-refractivity contribution >= 4 is 11.9 Å². The van der Waals surface area contributed by atoms with E-state index in [1.54, 1.807) is 0 Å². The highest BCUT2D eigenvalue weighted by Crippen LogP contribution is 2.27. The molecule has 1 fully saturated rings. The maximum absolute atomic E-state index is 5.81. The largest absolute Gasteiger partial charge is 0.368 e. The minimum atomic E-state index is 0.250. The summed E-state index contributed by atoms with van der Waals surface area (Å²) in [7, 11) is 6.02. The van der Waals surface area contributed by atoms with Crippen LogP contribution in [0.3, 0.4) is 0 Å². The zero-order valence-corrected chi connectivity index (χ0v) is 14.7. The van der Waals surface area contributed by atoms with Crippen molar-refractivity contribution < 1.29 is 0 Å². The summed E-state index contributed by atoms with van der Waals surface area (Å²) in [6, 6.07) is 0.522. The Kier molecular flexibility index (Phi) is 4.87. The summed E-state index contributed by atoms with van der Waals surface area (Å²) in [5.41, 5.74) is 6.06. The Hall–Kier alpha value is -1.47. The van der Waals surface area contributed by atoms with Crippen molar-refractivity contribution in [1.29, 1.82) is 0 Å². The van der Waals surface area contributed by atoms with Crippen LogP contribution in [0, 0.1) is 5.41 Å². The molecular weight excluding hydrogens is 278 g/mol. The number of nitrogens with zero attached hydrogens (tertiary/aromatic N) is 6. The molecule has 0 aromatic carbocycles. The fourth-order valence-electron chi connectivity index (χ4n) is 2.90. The number of aromatic nitrogens is 3. The van der Waals surface area contributed by atoms with Crippen molar-refractivity contribution in [2.24, 2.45) is 5.41 Å². The summed E-state index contributed by atoms with van der Waals surface area (Å²) in [6.45, 7) is 10.7. The summed E-state index contributed by atoms with van der Waals surface area (Å²) in [5.74, 6) is 1.65. The Morgan fingerprint density at radius 2 is 1.86 bits per heavy atom. The summed E-state index contributed by atoms with van der Waals surface area (Å²) in [4.78, 5) is 19.6. The minimum Gasteiger partial charge on any atom is -0.368 e. The molecule has 1 saturated heterocycles. The molecule has 0 spiro atoms. The third-order valence-electron chi connectivity index (χ3n) is 4.18. The molecule has 124 valence electrons. The molecule has 7 nitrogen and oxygen atoms in total. The van der Waals surface area contributed by atoms with E-state index in [0.717, 1.165) is 25.5 Å². The Morgan fingerprint density at radius 1 is 1.18 bits per heavy atom. The lowest BCUT2D eigenvalue weighted by Gasteiger charge is -2.45. The summed E-state index contributed by atoms with van der Waals surface area (Å²) in [5, 5.41) is 0. The van der Waals surface area contributed by atoms with Crippen molar-refractivity contribution in [2.45, 2.75) is 33.4 Å². The molecule has 0 radical (unpaired) electrons. The van der Waals surface area contributed by atoms with Gasteiger partial charge in [-0.3, -0.25) is 4.90 Å². The van der Waals surface area contributed by atoms with Crippen LogP contribution in [0.5, 0.6) is 0 Å². The third kappa shape index (κ3) is 4.04. The smallest absolute Gasteiger partial charge is 0.229 e. The molecule has 2 heterocycles. The number of likely N-dealkylation sites (N-methyl/N-ethyl adjacent to an activating group) is 1. The summed E-state index contributed by atoms with van der Waals surface area (Å²) >= 11 is 0. The van der Waals surface area contributed by atoms with Crippen LogP contribution >= 0.6 is 0 Å². The highest BCUT2D eigenvalue weighted by molar-refractivity contribution is 5.32. The van der Waals surface area contributed by atoms with Crippen LogP contribution < -0.4 is 10.6 Å². The zero-order valence-electron chi connectivity index (χ0n) is 14.7. The van der Waals surface area contributed by atoms with Gasteiger partial charge in [-0.2, -0.15) is 15.0 Å². The van der Waals surface area contributed by atoms with Crippen LogP contribution in [0.4, 0.5) is 11.9 Å². The monoisotopic (exact) mass is 307 g/mol. The molecule has 1 aromatic heterocycles.